The molecule has 4 aromatic carbocycles. The van der Waals surface area contributed by atoms with Gasteiger partial charge in [0.15, 0.2) is 11.5 Å². The van der Waals surface area contributed by atoms with Gasteiger partial charge in [0, 0.05) is 48.6 Å². The summed E-state index contributed by atoms with van der Waals surface area (Å²) in [5, 5.41) is 0. The third-order valence-corrected chi connectivity index (χ3v) is 6.94. The second kappa shape index (κ2) is 9.08. The van der Waals surface area contributed by atoms with Crippen molar-refractivity contribution in [3.8, 4) is 11.5 Å². The van der Waals surface area contributed by atoms with Gasteiger partial charge < -0.3 is 19.3 Å². The summed E-state index contributed by atoms with van der Waals surface area (Å²) in [6.45, 7) is 5.08. The Morgan fingerprint density at radius 1 is 0.694 bits per heavy atom. The molecule has 0 saturated carbocycles. The number of carbonyl (C=O) groups is 1. The third-order valence-electron chi connectivity index (χ3n) is 6.94. The topological polar surface area (TPSA) is 42.0 Å². The summed E-state index contributed by atoms with van der Waals surface area (Å²) >= 11 is 0. The lowest BCUT2D eigenvalue weighted by atomic mass is 9.97. The number of piperazine rings is 1. The Bertz CT molecular complexity index is 1340. The standard InChI is InChI=1S/C31H28N2O3/c1-23-9-8-14-27(21-23)32-17-19-33(20-18-32)30(34)24-15-16-28-29(22-24)36-31(35-28,25-10-4-2-5-11-25)26-12-6-3-7-13-26/h2-16,21-22H,17-20H2,1H3. The van der Waals surface area contributed by atoms with E-state index in [0.29, 0.717) is 30.2 Å². The lowest BCUT2D eigenvalue weighted by molar-refractivity contribution is -0.0459. The molecular formula is C31H28N2O3. The molecule has 180 valence electrons. The molecule has 0 atom stereocenters. The van der Waals surface area contributed by atoms with Crippen molar-refractivity contribution in [2.45, 2.75) is 12.7 Å². The van der Waals surface area contributed by atoms with Crippen LogP contribution in [0.15, 0.2) is 103 Å². The van der Waals surface area contributed by atoms with Gasteiger partial charge in [-0.15, -0.1) is 0 Å². The van der Waals surface area contributed by atoms with Crippen LogP contribution in [0.2, 0.25) is 0 Å². The Hall–Kier alpha value is -4.25. The van der Waals surface area contributed by atoms with Crippen LogP contribution >= 0.6 is 0 Å². The first kappa shape index (κ1) is 22.2. The number of carbonyl (C=O) groups excluding carboxylic acids is 1. The number of ether oxygens (including phenoxy) is 2. The number of amides is 1. The smallest absolute Gasteiger partial charge is 0.305 e. The van der Waals surface area contributed by atoms with E-state index < -0.39 is 5.79 Å². The van der Waals surface area contributed by atoms with Crippen LogP contribution in [0.1, 0.15) is 27.0 Å². The zero-order chi connectivity index (χ0) is 24.5. The minimum absolute atomic E-state index is 0.0159. The first-order valence-electron chi connectivity index (χ1n) is 12.4. The van der Waals surface area contributed by atoms with Gasteiger partial charge in [0.2, 0.25) is 0 Å². The van der Waals surface area contributed by atoms with Crippen molar-refractivity contribution in [1.29, 1.82) is 0 Å². The molecule has 0 aromatic heterocycles. The lowest BCUT2D eigenvalue weighted by Gasteiger charge is -2.36. The van der Waals surface area contributed by atoms with Crippen LogP contribution in [0.25, 0.3) is 0 Å². The SMILES string of the molecule is Cc1cccc(N2CCN(C(=O)c3ccc4c(c3)OC(c3ccccc3)(c3ccccc3)O4)CC2)c1. The molecule has 0 unspecified atom stereocenters. The monoisotopic (exact) mass is 476 g/mol. The second-order valence-corrected chi connectivity index (χ2v) is 9.33. The van der Waals surface area contributed by atoms with Gasteiger partial charge in [0.05, 0.1) is 0 Å². The summed E-state index contributed by atoms with van der Waals surface area (Å²) in [5.74, 6) is 0.129. The number of benzene rings is 4. The van der Waals surface area contributed by atoms with Gasteiger partial charge in [-0.25, -0.2) is 0 Å². The van der Waals surface area contributed by atoms with E-state index >= 15 is 0 Å². The lowest BCUT2D eigenvalue weighted by Crippen LogP contribution is -2.48. The molecule has 5 heteroatoms. The maximum Gasteiger partial charge on any atom is 0.305 e. The summed E-state index contributed by atoms with van der Waals surface area (Å²) in [4.78, 5) is 17.7. The fourth-order valence-corrected chi connectivity index (χ4v) is 5.03. The molecule has 1 fully saturated rings. The van der Waals surface area contributed by atoms with Gasteiger partial charge in [-0.05, 0) is 42.8 Å². The van der Waals surface area contributed by atoms with E-state index in [0.717, 1.165) is 24.2 Å². The van der Waals surface area contributed by atoms with Crippen LogP contribution in [0.3, 0.4) is 0 Å². The highest BCUT2D eigenvalue weighted by Crippen LogP contribution is 2.48. The molecule has 36 heavy (non-hydrogen) atoms. The molecule has 2 heterocycles. The van der Waals surface area contributed by atoms with Crippen LogP contribution in [0, 0.1) is 6.92 Å². The Morgan fingerprint density at radius 2 is 1.33 bits per heavy atom. The molecule has 2 aliphatic heterocycles. The largest absolute Gasteiger partial charge is 0.440 e. The predicted octanol–water partition coefficient (Wildman–Crippen LogP) is 5.63. The average Bonchev–Trinajstić information content (AvgIpc) is 3.34. The molecule has 0 N–H and O–H groups in total. The van der Waals surface area contributed by atoms with E-state index in [2.05, 4.69) is 36.1 Å². The summed E-state index contributed by atoms with van der Waals surface area (Å²) in [7, 11) is 0. The molecule has 2 aliphatic rings. The third kappa shape index (κ3) is 3.97. The molecule has 6 rings (SSSR count). The van der Waals surface area contributed by atoms with E-state index in [4.69, 9.17) is 9.47 Å². The second-order valence-electron chi connectivity index (χ2n) is 9.33. The fraction of sp³-hybridized carbons (Fsp3) is 0.194. The van der Waals surface area contributed by atoms with Crippen molar-refractivity contribution in [2.24, 2.45) is 0 Å². The van der Waals surface area contributed by atoms with Crippen LogP contribution in [0.4, 0.5) is 5.69 Å². The summed E-state index contributed by atoms with van der Waals surface area (Å²) in [6, 6.07) is 33.8. The first-order valence-corrected chi connectivity index (χ1v) is 12.4. The number of fused-ring (bicyclic) bond motifs is 1. The van der Waals surface area contributed by atoms with E-state index in [1.807, 2.05) is 83.8 Å². The van der Waals surface area contributed by atoms with Gasteiger partial charge >= 0.3 is 5.79 Å². The Labute approximate surface area is 211 Å². The molecular weight excluding hydrogens is 448 g/mol. The number of hydrogen-bond acceptors (Lipinski definition) is 4. The van der Waals surface area contributed by atoms with Crippen molar-refractivity contribution in [3.05, 3.63) is 125 Å². The van der Waals surface area contributed by atoms with Gasteiger partial charge in [-0.1, -0.05) is 72.8 Å². The molecule has 0 radical (unpaired) electrons. The van der Waals surface area contributed by atoms with Crippen LogP contribution < -0.4 is 14.4 Å². The maximum absolute atomic E-state index is 13.4. The van der Waals surface area contributed by atoms with Gasteiger partial charge in [0.1, 0.15) is 0 Å². The van der Waals surface area contributed by atoms with Gasteiger partial charge in [-0.2, -0.15) is 0 Å². The number of hydrogen-bond donors (Lipinski definition) is 0. The van der Waals surface area contributed by atoms with Crippen LogP contribution in [-0.4, -0.2) is 37.0 Å². The van der Waals surface area contributed by atoms with Crippen LogP contribution in [-0.2, 0) is 5.79 Å². The number of nitrogens with zero attached hydrogens (tertiary/aromatic N) is 2. The molecule has 1 saturated heterocycles. The minimum atomic E-state index is -1.09. The van der Waals surface area contributed by atoms with Gasteiger partial charge in [-0.3, -0.25) is 4.79 Å². The Balaban J connectivity index is 1.22. The number of aryl methyl sites for hydroxylation is 1. The van der Waals surface area contributed by atoms with Crippen molar-refractivity contribution in [2.75, 3.05) is 31.1 Å². The summed E-state index contributed by atoms with van der Waals surface area (Å²) < 4.78 is 13.0. The molecule has 5 nitrogen and oxygen atoms in total. The molecule has 0 aliphatic carbocycles. The average molecular weight is 477 g/mol. The van der Waals surface area contributed by atoms with E-state index in [9.17, 15) is 4.79 Å². The number of anilines is 1. The summed E-state index contributed by atoms with van der Waals surface area (Å²) in [6.07, 6.45) is 0. The number of rotatable bonds is 4. The minimum Gasteiger partial charge on any atom is -0.440 e. The predicted molar refractivity (Wildman–Crippen MR) is 141 cm³/mol. The fourth-order valence-electron chi connectivity index (χ4n) is 5.03. The highest BCUT2D eigenvalue weighted by Gasteiger charge is 2.45. The van der Waals surface area contributed by atoms with Crippen molar-refractivity contribution < 1.29 is 14.3 Å². The normalized spacial score (nSPS) is 16.1. The van der Waals surface area contributed by atoms with Crippen LogP contribution in [0.5, 0.6) is 11.5 Å². The molecule has 1 amide bonds. The van der Waals surface area contributed by atoms with E-state index in [1.54, 1.807) is 0 Å². The zero-order valence-corrected chi connectivity index (χ0v) is 20.3. The molecule has 0 spiro atoms. The zero-order valence-electron chi connectivity index (χ0n) is 20.3. The Morgan fingerprint density at radius 3 is 1.97 bits per heavy atom. The van der Waals surface area contributed by atoms with Crippen molar-refractivity contribution in [3.63, 3.8) is 0 Å². The molecule has 4 aromatic rings. The van der Waals surface area contributed by atoms with E-state index in [-0.39, 0.29) is 5.91 Å². The van der Waals surface area contributed by atoms with Crippen molar-refractivity contribution >= 4 is 11.6 Å². The van der Waals surface area contributed by atoms with Crippen molar-refractivity contribution in [1.82, 2.24) is 4.90 Å². The first-order chi connectivity index (χ1) is 17.6. The summed E-state index contributed by atoms with van der Waals surface area (Å²) in [5.41, 5.74) is 4.86. The Kier molecular flexibility index (Phi) is 5.61. The maximum atomic E-state index is 13.4. The highest BCUT2D eigenvalue weighted by atomic mass is 16.7. The quantitative estimate of drug-likeness (QED) is 0.383. The highest BCUT2D eigenvalue weighted by molar-refractivity contribution is 5.95. The molecule has 0 bridgehead atoms. The van der Waals surface area contributed by atoms with Gasteiger partial charge in [0.25, 0.3) is 5.91 Å². The van der Waals surface area contributed by atoms with E-state index in [1.165, 1.54) is 11.3 Å².